The Labute approximate surface area is 153 Å². The van der Waals surface area contributed by atoms with Gasteiger partial charge in [-0.1, -0.05) is 39.0 Å². The molecule has 0 heterocycles. The molecule has 0 radical (unpaired) electrons. The lowest BCUT2D eigenvalue weighted by molar-refractivity contribution is 0.581. The number of nitrogens with two attached hydrogens (primary N) is 1. The van der Waals surface area contributed by atoms with Crippen LogP contribution < -0.4 is 15.8 Å². The number of nitrogens with one attached hydrogen (secondary N) is 2. The van der Waals surface area contributed by atoms with Crippen LogP contribution >= 0.6 is 24.0 Å². The fourth-order valence-corrected chi connectivity index (χ4v) is 2.45. The minimum Gasteiger partial charge on any atom is -0.370 e. The largest absolute Gasteiger partial charge is 0.370 e. The number of nitrogens with zero attached hydrogens (tertiary/aromatic N) is 1. The summed E-state index contributed by atoms with van der Waals surface area (Å²) in [6.07, 6.45) is 8.16. The molecular formula is C14H33IN4O2S. The maximum absolute atomic E-state index is 11.2. The van der Waals surface area contributed by atoms with Crippen molar-refractivity contribution in [3.8, 4) is 0 Å². The van der Waals surface area contributed by atoms with Crippen LogP contribution in [-0.2, 0) is 10.0 Å². The summed E-state index contributed by atoms with van der Waals surface area (Å²) in [5.41, 5.74) is 5.73. The van der Waals surface area contributed by atoms with Crippen molar-refractivity contribution in [2.45, 2.75) is 58.8 Å². The third-order valence-electron chi connectivity index (χ3n) is 3.16. The third kappa shape index (κ3) is 16.3. The normalized spacial score (nSPS) is 12.0. The fraction of sp³-hybridized carbons (Fsp3) is 0.929. The Hall–Kier alpha value is -0.0900. The van der Waals surface area contributed by atoms with E-state index in [1.54, 1.807) is 6.92 Å². The van der Waals surface area contributed by atoms with Crippen molar-refractivity contribution in [1.29, 1.82) is 0 Å². The number of guanidine groups is 1. The summed E-state index contributed by atoms with van der Waals surface area (Å²) in [5.74, 6) is 0.556. The molecule has 0 rings (SSSR count). The third-order valence-corrected chi connectivity index (χ3v) is 4.56. The van der Waals surface area contributed by atoms with Crippen molar-refractivity contribution in [3.05, 3.63) is 0 Å². The van der Waals surface area contributed by atoms with Crippen LogP contribution in [0.1, 0.15) is 58.8 Å². The second-order valence-electron chi connectivity index (χ2n) is 5.11. The fourth-order valence-electron chi connectivity index (χ4n) is 1.79. The van der Waals surface area contributed by atoms with Crippen molar-refractivity contribution in [1.82, 2.24) is 10.0 Å². The zero-order chi connectivity index (χ0) is 16.0. The number of hydrogen-bond acceptors (Lipinski definition) is 3. The van der Waals surface area contributed by atoms with Crippen LogP contribution in [0.5, 0.6) is 0 Å². The van der Waals surface area contributed by atoms with E-state index in [0.717, 1.165) is 13.0 Å². The van der Waals surface area contributed by atoms with Crippen molar-refractivity contribution < 1.29 is 8.42 Å². The molecule has 0 unspecified atom stereocenters. The van der Waals surface area contributed by atoms with Crippen LogP contribution in [0.4, 0.5) is 0 Å². The summed E-state index contributed by atoms with van der Waals surface area (Å²) in [6, 6.07) is 0. The Bertz CT molecular complexity index is 375. The Balaban J connectivity index is 0. The minimum atomic E-state index is -3.09. The number of unbranched alkanes of at least 4 members (excludes halogenated alkanes) is 5. The standard InChI is InChI=1S/C14H32N4O2S.HI/c1-3-5-6-7-8-9-11-16-14(15)17-12-10-13-18-21(19,20)4-2;/h18H,3-13H2,1-2H3,(H3,15,16,17);1H. The first-order valence-electron chi connectivity index (χ1n) is 8.03. The maximum Gasteiger partial charge on any atom is 0.211 e. The zero-order valence-electron chi connectivity index (χ0n) is 13.9. The molecule has 0 spiro atoms. The molecule has 0 aliphatic heterocycles. The lowest BCUT2D eigenvalue weighted by atomic mass is 10.1. The molecule has 0 amide bonds. The highest BCUT2D eigenvalue weighted by Gasteiger charge is 2.03. The van der Waals surface area contributed by atoms with Gasteiger partial charge < -0.3 is 11.1 Å². The van der Waals surface area contributed by atoms with E-state index in [2.05, 4.69) is 22.0 Å². The number of hydrogen-bond donors (Lipinski definition) is 3. The maximum atomic E-state index is 11.2. The van der Waals surface area contributed by atoms with Crippen LogP contribution in [0.2, 0.25) is 0 Å². The Morgan fingerprint density at radius 3 is 2.27 bits per heavy atom. The van der Waals surface area contributed by atoms with Gasteiger partial charge in [-0.2, -0.15) is 0 Å². The van der Waals surface area contributed by atoms with Gasteiger partial charge in [-0.05, 0) is 19.8 Å². The summed E-state index contributed by atoms with van der Waals surface area (Å²) in [4.78, 5) is 4.17. The van der Waals surface area contributed by atoms with Gasteiger partial charge in [0, 0.05) is 19.6 Å². The molecule has 0 aliphatic rings. The first-order valence-corrected chi connectivity index (χ1v) is 9.68. The lowest BCUT2D eigenvalue weighted by Crippen LogP contribution is -2.33. The lowest BCUT2D eigenvalue weighted by Gasteiger charge is -2.06. The SMILES string of the molecule is CCCCCCCCNC(N)=NCCCNS(=O)(=O)CC.I. The van der Waals surface area contributed by atoms with Crippen LogP contribution in [0.15, 0.2) is 4.99 Å². The van der Waals surface area contributed by atoms with E-state index in [-0.39, 0.29) is 29.7 Å². The van der Waals surface area contributed by atoms with E-state index in [0.29, 0.717) is 25.5 Å². The molecule has 22 heavy (non-hydrogen) atoms. The van der Waals surface area contributed by atoms with Crippen molar-refractivity contribution >= 4 is 40.0 Å². The zero-order valence-corrected chi connectivity index (χ0v) is 17.1. The van der Waals surface area contributed by atoms with Crippen molar-refractivity contribution in [2.24, 2.45) is 10.7 Å². The van der Waals surface area contributed by atoms with E-state index in [1.807, 2.05) is 0 Å². The molecule has 0 aromatic rings. The van der Waals surface area contributed by atoms with Gasteiger partial charge in [-0.25, -0.2) is 13.1 Å². The molecule has 8 heteroatoms. The molecule has 6 nitrogen and oxygen atoms in total. The van der Waals surface area contributed by atoms with Gasteiger partial charge in [0.05, 0.1) is 5.75 Å². The molecule has 0 atom stereocenters. The minimum absolute atomic E-state index is 0. The van der Waals surface area contributed by atoms with E-state index < -0.39 is 10.0 Å². The van der Waals surface area contributed by atoms with E-state index in [1.165, 1.54) is 32.1 Å². The van der Waals surface area contributed by atoms with E-state index in [9.17, 15) is 8.42 Å². The van der Waals surface area contributed by atoms with Gasteiger partial charge in [0.25, 0.3) is 0 Å². The number of rotatable bonds is 13. The molecule has 0 aromatic heterocycles. The van der Waals surface area contributed by atoms with Crippen LogP contribution in [0.25, 0.3) is 0 Å². The van der Waals surface area contributed by atoms with Crippen molar-refractivity contribution in [3.63, 3.8) is 0 Å². The highest BCUT2D eigenvalue weighted by molar-refractivity contribution is 14.0. The van der Waals surface area contributed by atoms with Gasteiger partial charge >= 0.3 is 0 Å². The van der Waals surface area contributed by atoms with Gasteiger partial charge in [0.15, 0.2) is 5.96 Å². The molecule has 0 fully saturated rings. The molecule has 0 saturated carbocycles. The topological polar surface area (TPSA) is 96.6 Å². The van der Waals surface area contributed by atoms with Gasteiger partial charge in [0.1, 0.15) is 0 Å². The summed E-state index contributed by atoms with van der Waals surface area (Å²) in [7, 11) is -3.09. The van der Waals surface area contributed by atoms with Gasteiger partial charge in [-0.15, -0.1) is 24.0 Å². The second kappa shape index (κ2) is 15.8. The Kier molecular flexibility index (Phi) is 17.3. The quantitative estimate of drug-likeness (QED) is 0.174. The Morgan fingerprint density at radius 2 is 1.64 bits per heavy atom. The second-order valence-corrected chi connectivity index (χ2v) is 7.21. The molecule has 134 valence electrons. The number of aliphatic imine (C=N–C) groups is 1. The average molecular weight is 448 g/mol. The van der Waals surface area contributed by atoms with E-state index in [4.69, 9.17) is 5.73 Å². The first-order chi connectivity index (χ1) is 10.0. The number of halogens is 1. The summed E-state index contributed by atoms with van der Waals surface area (Å²) < 4.78 is 24.9. The first kappa shape index (κ1) is 24.2. The molecular weight excluding hydrogens is 415 g/mol. The molecule has 0 aromatic carbocycles. The Morgan fingerprint density at radius 1 is 1.00 bits per heavy atom. The average Bonchev–Trinajstić information content (AvgIpc) is 2.46. The van der Waals surface area contributed by atoms with Crippen LogP contribution in [0.3, 0.4) is 0 Å². The van der Waals surface area contributed by atoms with Crippen LogP contribution in [-0.4, -0.2) is 39.8 Å². The highest BCUT2D eigenvalue weighted by atomic mass is 127. The summed E-state index contributed by atoms with van der Waals surface area (Å²) in [6.45, 7) is 5.62. The monoisotopic (exact) mass is 448 g/mol. The van der Waals surface area contributed by atoms with Gasteiger partial charge in [-0.3, -0.25) is 4.99 Å². The summed E-state index contributed by atoms with van der Waals surface area (Å²) >= 11 is 0. The molecule has 0 saturated heterocycles. The van der Waals surface area contributed by atoms with Crippen molar-refractivity contribution in [2.75, 3.05) is 25.4 Å². The molecule has 0 aliphatic carbocycles. The molecule has 0 bridgehead atoms. The van der Waals surface area contributed by atoms with Gasteiger partial charge in [0.2, 0.25) is 10.0 Å². The van der Waals surface area contributed by atoms with E-state index >= 15 is 0 Å². The van der Waals surface area contributed by atoms with Crippen LogP contribution in [0, 0.1) is 0 Å². The summed E-state index contributed by atoms with van der Waals surface area (Å²) in [5, 5.41) is 3.08. The predicted molar refractivity (Wildman–Crippen MR) is 105 cm³/mol. The number of sulfonamides is 1. The predicted octanol–water partition coefficient (Wildman–Crippen LogP) is 2.20. The smallest absolute Gasteiger partial charge is 0.211 e. The highest BCUT2D eigenvalue weighted by Crippen LogP contribution is 2.03. The molecule has 4 N–H and O–H groups in total.